The van der Waals surface area contributed by atoms with Crippen molar-refractivity contribution < 1.29 is 23.0 Å². The average molecular weight is 477 g/mol. The second-order valence-corrected chi connectivity index (χ2v) is 9.81. The van der Waals surface area contributed by atoms with Crippen LogP contribution in [0.4, 0.5) is 13.2 Å². The Kier molecular flexibility index (Phi) is 7.55. The lowest BCUT2D eigenvalue weighted by molar-refractivity contribution is -0.274. The van der Waals surface area contributed by atoms with E-state index in [4.69, 9.17) is 0 Å². The van der Waals surface area contributed by atoms with Crippen LogP contribution in [0.5, 0.6) is 5.75 Å². The van der Waals surface area contributed by atoms with Gasteiger partial charge < -0.3 is 14.7 Å². The molecule has 1 aromatic carbocycles. The third-order valence-electron chi connectivity index (χ3n) is 7.69. The minimum absolute atomic E-state index is 0.162. The van der Waals surface area contributed by atoms with Crippen LogP contribution in [0.1, 0.15) is 50.0 Å². The average Bonchev–Trinajstić information content (AvgIpc) is 2.83. The summed E-state index contributed by atoms with van der Waals surface area (Å²) in [6.07, 6.45) is 11.0. The van der Waals surface area contributed by atoms with Gasteiger partial charge in [-0.3, -0.25) is 4.90 Å². The summed E-state index contributed by atoms with van der Waals surface area (Å²) >= 11 is 0. The SMILES string of the molecule is C=C[C@@]1(N2CCN(CC(c3cccc(OC(F)(F)F)c3)C3(O)CCCCC3)CC2)C=CC=CC1. The van der Waals surface area contributed by atoms with Gasteiger partial charge >= 0.3 is 6.36 Å². The van der Waals surface area contributed by atoms with E-state index in [2.05, 4.69) is 45.4 Å². The van der Waals surface area contributed by atoms with E-state index >= 15 is 0 Å². The van der Waals surface area contributed by atoms with Crippen LogP contribution in [0.15, 0.2) is 61.2 Å². The van der Waals surface area contributed by atoms with Gasteiger partial charge in [0.05, 0.1) is 11.1 Å². The zero-order valence-corrected chi connectivity index (χ0v) is 19.6. The summed E-state index contributed by atoms with van der Waals surface area (Å²) in [5, 5.41) is 11.6. The zero-order chi connectivity index (χ0) is 24.2. The molecule has 1 saturated carbocycles. The van der Waals surface area contributed by atoms with Gasteiger partial charge in [-0.05, 0) is 37.0 Å². The Morgan fingerprint density at radius 2 is 1.82 bits per heavy atom. The van der Waals surface area contributed by atoms with Gasteiger partial charge in [-0.1, -0.05) is 61.8 Å². The Bertz CT molecular complexity index is 899. The van der Waals surface area contributed by atoms with Crippen molar-refractivity contribution in [2.75, 3.05) is 32.7 Å². The second-order valence-electron chi connectivity index (χ2n) is 9.81. The Hall–Kier alpha value is -2.09. The number of nitrogens with zero attached hydrogens (tertiary/aromatic N) is 2. The smallest absolute Gasteiger partial charge is 0.406 e. The van der Waals surface area contributed by atoms with Crippen molar-refractivity contribution in [2.45, 2.75) is 61.9 Å². The fraction of sp³-hybridized carbons (Fsp3) is 0.556. The maximum absolute atomic E-state index is 12.8. The molecule has 1 N–H and O–H groups in total. The van der Waals surface area contributed by atoms with Crippen LogP contribution in [-0.2, 0) is 0 Å². The van der Waals surface area contributed by atoms with Gasteiger partial charge in [0, 0.05) is 38.6 Å². The van der Waals surface area contributed by atoms with Gasteiger partial charge in [-0.15, -0.1) is 19.8 Å². The molecule has 7 heteroatoms. The van der Waals surface area contributed by atoms with Crippen molar-refractivity contribution >= 4 is 0 Å². The number of piperazine rings is 1. The highest BCUT2D eigenvalue weighted by molar-refractivity contribution is 5.33. The number of alkyl halides is 3. The second kappa shape index (κ2) is 10.3. The molecule has 3 aliphatic rings. The van der Waals surface area contributed by atoms with Crippen LogP contribution in [0, 0.1) is 0 Å². The van der Waals surface area contributed by atoms with Crippen LogP contribution in [0.2, 0.25) is 0 Å². The van der Waals surface area contributed by atoms with Gasteiger partial charge in [0.2, 0.25) is 0 Å². The van der Waals surface area contributed by atoms with Gasteiger partial charge in [0.15, 0.2) is 0 Å². The number of hydrogen-bond acceptors (Lipinski definition) is 4. The molecule has 34 heavy (non-hydrogen) atoms. The maximum Gasteiger partial charge on any atom is 0.573 e. The number of hydrogen-bond donors (Lipinski definition) is 1. The van der Waals surface area contributed by atoms with Crippen molar-refractivity contribution in [1.82, 2.24) is 9.80 Å². The molecule has 186 valence electrons. The highest BCUT2D eigenvalue weighted by atomic mass is 19.4. The quantitative estimate of drug-likeness (QED) is 0.533. The number of ether oxygens (including phenoxy) is 1. The molecule has 1 saturated heterocycles. The fourth-order valence-corrected chi connectivity index (χ4v) is 5.77. The summed E-state index contributed by atoms with van der Waals surface area (Å²) in [6, 6.07) is 6.18. The van der Waals surface area contributed by atoms with E-state index in [9.17, 15) is 18.3 Å². The molecular formula is C27H35F3N2O2. The molecular weight excluding hydrogens is 441 g/mol. The molecule has 1 aromatic rings. The molecule has 1 aliphatic heterocycles. The van der Waals surface area contributed by atoms with Crippen LogP contribution in [-0.4, -0.2) is 65.1 Å². The Labute approximate surface area is 200 Å². The van der Waals surface area contributed by atoms with Gasteiger partial charge in [0.1, 0.15) is 5.75 Å². The van der Waals surface area contributed by atoms with Crippen molar-refractivity contribution in [3.8, 4) is 5.75 Å². The Morgan fingerprint density at radius 1 is 1.09 bits per heavy atom. The van der Waals surface area contributed by atoms with Crippen LogP contribution >= 0.6 is 0 Å². The lowest BCUT2D eigenvalue weighted by Gasteiger charge is -2.47. The molecule has 0 bridgehead atoms. The first-order chi connectivity index (χ1) is 16.2. The largest absolute Gasteiger partial charge is 0.573 e. The summed E-state index contributed by atoms with van der Waals surface area (Å²) in [4.78, 5) is 4.78. The van der Waals surface area contributed by atoms with E-state index in [0.29, 0.717) is 24.9 Å². The lowest BCUT2D eigenvalue weighted by Crippen LogP contribution is -2.57. The summed E-state index contributed by atoms with van der Waals surface area (Å²) in [7, 11) is 0. The molecule has 4 nitrogen and oxygen atoms in total. The standard InChI is InChI=1S/C27H35F3N2O2/c1-2-25(12-5-3-6-13-25)32-18-16-31(17-19-32)21-24(26(33)14-7-4-8-15-26)22-10-9-11-23(20-22)34-27(28,29)30/h2-3,5-6,9-12,20,24,33H,1,4,7-8,13-19,21H2/t24?,25-/m1/s1. The lowest BCUT2D eigenvalue weighted by atomic mass is 9.72. The minimum atomic E-state index is -4.74. The first-order valence-corrected chi connectivity index (χ1v) is 12.3. The van der Waals surface area contributed by atoms with E-state index in [1.165, 1.54) is 12.1 Å². The van der Waals surface area contributed by atoms with Crippen molar-refractivity contribution in [3.05, 3.63) is 66.8 Å². The molecule has 0 amide bonds. The first kappa shape index (κ1) is 25.0. The summed E-state index contributed by atoms with van der Waals surface area (Å²) in [6.45, 7) is 8.08. The third-order valence-corrected chi connectivity index (χ3v) is 7.69. The van der Waals surface area contributed by atoms with Gasteiger partial charge in [0.25, 0.3) is 0 Å². The third kappa shape index (κ3) is 5.75. The predicted molar refractivity (Wildman–Crippen MR) is 128 cm³/mol. The van der Waals surface area contributed by atoms with Gasteiger partial charge in [-0.2, -0.15) is 0 Å². The molecule has 0 aromatic heterocycles. The molecule has 0 radical (unpaired) electrons. The van der Waals surface area contributed by atoms with E-state index in [1.54, 1.807) is 6.07 Å². The normalized spacial score (nSPS) is 26.8. The predicted octanol–water partition coefficient (Wildman–Crippen LogP) is 5.42. The molecule has 1 heterocycles. The van der Waals surface area contributed by atoms with E-state index in [0.717, 1.165) is 51.9 Å². The number of benzene rings is 1. The highest BCUT2D eigenvalue weighted by Crippen LogP contribution is 2.42. The Balaban J connectivity index is 1.50. The molecule has 0 spiro atoms. The molecule has 2 fully saturated rings. The Morgan fingerprint density at radius 3 is 2.44 bits per heavy atom. The number of rotatable bonds is 7. The minimum Gasteiger partial charge on any atom is -0.406 e. The fourth-order valence-electron chi connectivity index (χ4n) is 5.77. The summed E-state index contributed by atoms with van der Waals surface area (Å²) in [5.74, 6) is -0.508. The summed E-state index contributed by atoms with van der Waals surface area (Å²) < 4.78 is 42.7. The topological polar surface area (TPSA) is 35.9 Å². The van der Waals surface area contributed by atoms with Crippen molar-refractivity contribution in [2.24, 2.45) is 0 Å². The van der Waals surface area contributed by atoms with Crippen LogP contribution < -0.4 is 4.74 Å². The van der Waals surface area contributed by atoms with Crippen molar-refractivity contribution in [3.63, 3.8) is 0 Å². The molecule has 2 aliphatic carbocycles. The first-order valence-electron chi connectivity index (χ1n) is 12.3. The number of halogens is 3. The summed E-state index contributed by atoms with van der Waals surface area (Å²) in [5.41, 5.74) is -0.382. The highest BCUT2D eigenvalue weighted by Gasteiger charge is 2.41. The van der Waals surface area contributed by atoms with E-state index in [-0.39, 0.29) is 17.2 Å². The number of allylic oxidation sites excluding steroid dienone is 2. The number of aliphatic hydroxyl groups is 1. The molecule has 2 atom stereocenters. The van der Waals surface area contributed by atoms with Crippen molar-refractivity contribution in [1.29, 1.82) is 0 Å². The maximum atomic E-state index is 12.8. The zero-order valence-electron chi connectivity index (χ0n) is 19.6. The monoisotopic (exact) mass is 476 g/mol. The van der Waals surface area contributed by atoms with Gasteiger partial charge in [-0.25, -0.2) is 0 Å². The molecule has 1 unspecified atom stereocenters. The van der Waals surface area contributed by atoms with E-state index < -0.39 is 12.0 Å². The van der Waals surface area contributed by atoms with E-state index in [1.807, 2.05) is 12.1 Å². The van der Waals surface area contributed by atoms with Crippen LogP contribution in [0.25, 0.3) is 0 Å². The van der Waals surface area contributed by atoms with Crippen LogP contribution in [0.3, 0.4) is 0 Å². The molecule has 4 rings (SSSR count).